The summed E-state index contributed by atoms with van der Waals surface area (Å²) in [7, 11) is 1.47. The van der Waals surface area contributed by atoms with Crippen LogP contribution in [0.4, 0.5) is 4.39 Å². The molecular weight excluding hydrogens is 401 g/mol. The second-order valence-corrected chi connectivity index (χ2v) is 9.63. The summed E-state index contributed by atoms with van der Waals surface area (Å²) in [6.07, 6.45) is 4.93. The van der Waals surface area contributed by atoms with Crippen molar-refractivity contribution in [3.05, 3.63) is 17.4 Å². The zero-order valence-corrected chi connectivity index (χ0v) is 19.1. The molecule has 2 heterocycles. The van der Waals surface area contributed by atoms with E-state index in [9.17, 15) is 14.3 Å². The first-order valence-electron chi connectivity index (χ1n) is 11.3. The standard InChI is InChI=1S/C23H36FN3O4/c1-23(2,3)27-11-5-6-19(27)20(29)25-13-16-12-18(24)22(26-21(16)30-4)31-17-9-7-15(14-28)8-10-17/h12,15,17,19,28H,5-11,13-14H2,1-4H3,(H,25,29)/t15?,17?,19-/m0/s1. The van der Waals surface area contributed by atoms with Crippen molar-refractivity contribution in [2.24, 2.45) is 5.92 Å². The quantitative estimate of drug-likeness (QED) is 0.682. The Morgan fingerprint density at radius 3 is 2.58 bits per heavy atom. The highest BCUT2D eigenvalue weighted by molar-refractivity contribution is 5.82. The molecule has 1 aliphatic heterocycles. The topological polar surface area (TPSA) is 83.9 Å². The van der Waals surface area contributed by atoms with Gasteiger partial charge in [0, 0.05) is 24.3 Å². The van der Waals surface area contributed by atoms with Gasteiger partial charge in [-0.1, -0.05) is 0 Å². The molecule has 1 aromatic heterocycles. The van der Waals surface area contributed by atoms with Gasteiger partial charge >= 0.3 is 0 Å². The first-order valence-corrected chi connectivity index (χ1v) is 11.3. The number of pyridine rings is 1. The lowest BCUT2D eigenvalue weighted by atomic mass is 9.88. The highest BCUT2D eigenvalue weighted by Gasteiger charge is 2.37. The molecule has 1 aliphatic carbocycles. The molecule has 0 radical (unpaired) electrons. The molecule has 7 nitrogen and oxygen atoms in total. The van der Waals surface area contributed by atoms with Gasteiger partial charge in [-0.15, -0.1) is 0 Å². The van der Waals surface area contributed by atoms with E-state index in [2.05, 4.69) is 36.0 Å². The SMILES string of the molecule is COc1nc(OC2CCC(CO)CC2)c(F)cc1CNC(=O)[C@@H]1CCCN1C(C)(C)C. The molecule has 0 aromatic carbocycles. The Labute approximate surface area is 184 Å². The number of aromatic nitrogens is 1. The van der Waals surface area contributed by atoms with Crippen LogP contribution >= 0.6 is 0 Å². The van der Waals surface area contributed by atoms with Gasteiger partial charge in [0.1, 0.15) is 6.10 Å². The van der Waals surface area contributed by atoms with Gasteiger partial charge in [0.15, 0.2) is 5.82 Å². The van der Waals surface area contributed by atoms with Crippen LogP contribution in [0.25, 0.3) is 0 Å². The maximum atomic E-state index is 14.7. The third-order valence-electron chi connectivity index (χ3n) is 6.38. The number of halogens is 1. The van der Waals surface area contributed by atoms with Crippen molar-refractivity contribution in [1.29, 1.82) is 0 Å². The van der Waals surface area contributed by atoms with Crippen LogP contribution < -0.4 is 14.8 Å². The number of aliphatic hydroxyl groups excluding tert-OH is 1. The fraction of sp³-hybridized carbons (Fsp3) is 0.739. The molecule has 1 saturated heterocycles. The van der Waals surface area contributed by atoms with Crippen LogP contribution in [0.2, 0.25) is 0 Å². The molecule has 0 bridgehead atoms. The van der Waals surface area contributed by atoms with Gasteiger partial charge in [0.05, 0.1) is 13.2 Å². The van der Waals surface area contributed by atoms with Gasteiger partial charge in [-0.05, 0) is 77.8 Å². The van der Waals surface area contributed by atoms with E-state index in [0.29, 0.717) is 11.5 Å². The normalized spacial score (nSPS) is 24.8. The molecule has 1 amide bonds. The van der Waals surface area contributed by atoms with Crippen LogP contribution in [-0.2, 0) is 11.3 Å². The average molecular weight is 438 g/mol. The lowest BCUT2D eigenvalue weighted by Gasteiger charge is -2.36. The summed E-state index contributed by atoms with van der Waals surface area (Å²) in [5.41, 5.74) is 0.393. The summed E-state index contributed by atoms with van der Waals surface area (Å²) in [5.74, 6) is -0.149. The van der Waals surface area contributed by atoms with E-state index in [0.717, 1.165) is 45.1 Å². The number of nitrogens with zero attached hydrogens (tertiary/aromatic N) is 2. The Kier molecular flexibility index (Phi) is 7.75. The van der Waals surface area contributed by atoms with Crippen molar-refractivity contribution in [2.75, 3.05) is 20.3 Å². The van der Waals surface area contributed by atoms with Gasteiger partial charge < -0.3 is 19.9 Å². The molecule has 3 rings (SSSR count). The van der Waals surface area contributed by atoms with E-state index in [1.54, 1.807) is 0 Å². The van der Waals surface area contributed by atoms with Crippen LogP contribution in [0.1, 0.15) is 64.9 Å². The first-order chi connectivity index (χ1) is 14.7. The molecule has 8 heteroatoms. The van der Waals surface area contributed by atoms with E-state index in [4.69, 9.17) is 9.47 Å². The summed E-state index contributed by atoms with van der Waals surface area (Å²) in [6.45, 7) is 7.54. The number of carbonyl (C=O) groups is 1. The Bertz CT molecular complexity index is 760. The number of hydrogen-bond donors (Lipinski definition) is 2. The maximum Gasteiger partial charge on any atom is 0.254 e. The fourth-order valence-electron chi connectivity index (χ4n) is 4.61. The molecule has 31 heavy (non-hydrogen) atoms. The Hall–Kier alpha value is -1.93. The number of rotatable bonds is 7. The van der Waals surface area contributed by atoms with Gasteiger partial charge in [-0.2, -0.15) is 4.98 Å². The number of amides is 1. The number of hydrogen-bond acceptors (Lipinski definition) is 6. The minimum Gasteiger partial charge on any atom is -0.481 e. The molecule has 2 N–H and O–H groups in total. The lowest BCUT2D eigenvalue weighted by molar-refractivity contribution is -0.127. The van der Waals surface area contributed by atoms with Crippen LogP contribution in [0.3, 0.4) is 0 Å². The molecule has 174 valence electrons. The van der Waals surface area contributed by atoms with E-state index in [-0.39, 0.29) is 48.5 Å². The molecule has 1 aromatic rings. The first kappa shape index (κ1) is 23.7. The zero-order chi connectivity index (χ0) is 22.6. The van der Waals surface area contributed by atoms with Crippen LogP contribution in [0.15, 0.2) is 6.07 Å². The number of likely N-dealkylation sites (tertiary alicyclic amines) is 1. The van der Waals surface area contributed by atoms with Crippen molar-refractivity contribution in [1.82, 2.24) is 15.2 Å². The highest BCUT2D eigenvalue weighted by atomic mass is 19.1. The Balaban J connectivity index is 1.63. The van der Waals surface area contributed by atoms with Crippen molar-refractivity contribution in [3.8, 4) is 11.8 Å². The second-order valence-electron chi connectivity index (χ2n) is 9.63. The van der Waals surface area contributed by atoms with Crippen molar-refractivity contribution in [2.45, 2.75) is 83.5 Å². The molecule has 0 unspecified atom stereocenters. The minimum atomic E-state index is -0.563. The molecule has 0 spiro atoms. The van der Waals surface area contributed by atoms with E-state index >= 15 is 0 Å². The van der Waals surface area contributed by atoms with Crippen molar-refractivity contribution >= 4 is 5.91 Å². The number of methoxy groups -OCH3 is 1. The van der Waals surface area contributed by atoms with Crippen molar-refractivity contribution < 1.29 is 23.8 Å². The van der Waals surface area contributed by atoms with Crippen LogP contribution in [0, 0.1) is 11.7 Å². The predicted molar refractivity (Wildman–Crippen MR) is 116 cm³/mol. The number of ether oxygens (including phenoxy) is 2. The summed E-state index contributed by atoms with van der Waals surface area (Å²) >= 11 is 0. The van der Waals surface area contributed by atoms with Crippen LogP contribution in [0.5, 0.6) is 11.8 Å². The summed E-state index contributed by atoms with van der Waals surface area (Å²) in [5, 5.41) is 12.2. The van der Waals surface area contributed by atoms with E-state index in [1.807, 2.05) is 0 Å². The fourth-order valence-corrected chi connectivity index (χ4v) is 4.61. The van der Waals surface area contributed by atoms with Gasteiger partial charge in [0.2, 0.25) is 11.8 Å². The molecule has 2 fully saturated rings. The summed E-state index contributed by atoms with van der Waals surface area (Å²) in [4.78, 5) is 19.2. The van der Waals surface area contributed by atoms with E-state index in [1.165, 1.54) is 13.2 Å². The average Bonchev–Trinajstić information content (AvgIpc) is 3.25. The third-order valence-corrected chi connectivity index (χ3v) is 6.38. The number of carbonyl (C=O) groups excluding carboxylic acids is 1. The highest BCUT2D eigenvalue weighted by Crippen LogP contribution is 2.30. The Morgan fingerprint density at radius 1 is 1.26 bits per heavy atom. The number of aliphatic hydroxyl groups is 1. The van der Waals surface area contributed by atoms with Gasteiger partial charge in [-0.3, -0.25) is 9.69 Å². The monoisotopic (exact) mass is 437 g/mol. The van der Waals surface area contributed by atoms with Crippen LogP contribution in [-0.4, -0.2) is 58.8 Å². The largest absolute Gasteiger partial charge is 0.481 e. The molecule has 1 saturated carbocycles. The smallest absolute Gasteiger partial charge is 0.254 e. The van der Waals surface area contributed by atoms with E-state index < -0.39 is 5.82 Å². The van der Waals surface area contributed by atoms with Crippen molar-refractivity contribution in [3.63, 3.8) is 0 Å². The minimum absolute atomic E-state index is 0.0594. The third kappa shape index (κ3) is 5.86. The second kappa shape index (κ2) is 10.1. The predicted octanol–water partition coefficient (Wildman–Crippen LogP) is 3.04. The summed E-state index contributed by atoms with van der Waals surface area (Å²) < 4.78 is 25.8. The van der Waals surface area contributed by atoms with Gasteiger partial charge in [-0.25, -0.2) is 4.39 Å². The number of nitrogens with one attached hydrogen (secondary N) is 1. The molecule has 1 atom stereocenters. The zero-order valence-electron chi connectivity index (χ0n) is 19.1. The molecular formula is C23H36FN3O4. The molecule has 2 aliphatic rings. The Morgan fingerprint density at radius 2 is 1.97 bits per heavy atom. The maximum absolute atomic E-state index is 14.7. The van der Waals surface area contributed by atoms with Gasteiger partial charge in [0.25, 0.3) is 5.88 Å². The summed E-state index contributed by atoms with van der Waals surface area (Å²) in [6, 6.07) is 1.15. The lowest BCUT2D eigenvalue weighted by Crippen LogP contribution is -2.51.